The van der Waals surface area contributed by atoms with Gasteiger partial charge in [0.15, 0.2) is 11.5 Å². The van der Waals surface area contributed by atoms with Gasteiger partial charge in [0.1, 0.15) is 0 Å². The van der Waals surface area contributed by atoms with Crippen LogP contribution in [-0.2, 0) is 10.0 Å². The monoisotopic (exact) mass is 390 g/mol. The Bertz CT molecular complexity index is 941. The zero-order valence-corrected chi connectivity index (χ0v) is 16.0. The zero-order chi connectivity index (χ0) is 19.4. The molecule has 0 fully saturated rings. The number of benzene rings is 2. The third-order valence-electron chi connectivity index (χ3n) is 4.05. The molecule has 1 heterocycles. The van der Waals surface area contributed by atoms with Gasteiger partial charge in [-0.05, 0) is 42.7 Å². The Labute approximate surface area is 158 Å². The Morgan fingerprint density at radius 1 is 1.11 bits per heavy atom. The lowest BCUT2D eigenvalue weighted by Gasteiger charge is -2.10. The van der Waals surface area contributed by atoms with E-state index in [9.17, 15) is 13.2 Å². The highest BCUT2D eigenvalue weighted by Gasteiger charge is 2.17. The van der Waals surface area contributed by atoms with Gasteiger partial charge in [-0.2, -0.15) is 0 Å². The summed E-state index contributed by atoms with van der Waals surface area (Å²) in [5.74, 6) is 1.16. The van der Waals surface area contributed by atoms with Crippen LogP contribution in [0, 0.1) is 5.92 Å². The van der Waals surface area contributed by atoms with Gasteiger partial charge in [0.2, 0.25) is 16.8 Å². The number of anilines is 1. The lowest BCUT2D eigenvalue weighted by atomic mass is 10.1. The molecule has 0 aromatic heterocycles. The van der Waals surface area contributed by atoms with Gasteiger partial charge in [0.25, 0.3) is 5.91 Å². The summed E-state index contributed by atoms with van der Waals surface area (Å²) in [6.45, 7) is 4.55. The first kappa shape index (κ1) is 19.2. The molecule has 2 N–H and O–H groups in total. The Balaban J connectivity index is 1.72. The SMILES string of the molecule is CC(C)CCNS(=O)(=O)c1cccc(C(=O)Nc2ccc3c(c2)OCO3)c1. The summed E-state index contributed by atoms with van der Waals surface area (Å²) in [4.78, 5) is 12.6. The highest BCUT2D eigenvalue weighted by molar-refractivity contribution is 7.89. The van der Waals surface area contributed by atoms with Crippen molar-refractivity contribution < 1.29 is 22.7 Å². The molecule has 1 amide bonds. The molecule has 2 aromatic rings. The van der Waals surface area contributed by atoms with Crippen molar-refractivity contribution in [2.45, 2.75) is 25.2 Å². The Hall–Kier alpha value is -2.58. The molecular weight excluding hydrogens is 368 g/mol. The average Bonchev–Trinajstić information content (AvgIpc) is 3.09. The third-order valence-corrected chi connectivity index (χ3v) is 5.51. The summed E-state index contributed by atoms with van der Waals surface area (Å²) < 4.78 is 37.9. The summed E-state index contributed by atoms with van der Waals surface area (Å²) in [6, 6.07) is 11.0. The minimum Gasteiger partial charge on any atom is -0.454 e. The summed E-state index contributed by atoms with van der Waals surface area (Å²) >= 11 is 0. The van der Waals surface area contributed by atoms with Crippen LogP contribution in [-0.4, -0.2) is 27.7 Å². The second-order valence-electron chi connectivity index (χ2n) is 6.63. The molecule has 3 rings (SSSR count). The number of carbonyl (C=O) groups excluding carboxylic acids is 1. The number of nitrogens with one attached hydrogen (secondary N) is 2. The summed E-state index contributed by atoms with van der Waals surface area (Å²) in [5.41, 5.74) is 0.784. The normalized spacial score (nSPS) is 13.0. The molecule has 0 saturated carbocycles. The average molecular weight is 390 g/mol. The van der Waals surface area contributed by atoms with Crippen molar-refractivity contribution in [2.75, 3.05) is 18.7 Å². The van der Waals surface area contributed by atoms with E-state index in [-0.39, 0.29) is 17.3 Å². The van der Waals surface area contributed by atoms with Gasteiger partial charge < -0.3 is 14.8 Å². The molecule has 0 bridgehead atoms. The molecule has 0 spiro atoms. The fraction of sp³-hybridized carbons (Fsp3) is 0.316. The molecule has 8 heteroatoms. The molecule has 0 saturated heterocycles. The molecule has 144 valence electrons. The fourth-order valence-electron chi connectivity index (χ4n) is 2.55. The van der Waals surface area contributed by atoms with E-state index in [4.69, 9.17) is 9.47 Å². The predicted molar refractivity (Wildman–Crippen MR) is 102 cm³/mol. The molecule has 2 aromatic carbocycles. The smallest absolute Gasteiger partial charge is 0.255 e. The largest absolute Gasteiger partial charge is 0.454 e. The van der Waals surface area contributed by atoms with E-state index < -0.39 is 15.9 Å². The maximum atomic E-state index is 12.5. The van der Waals surface area contributed by atoms with Crippen LogP contribution in [0.3, 0.4) is 0 Å². The molecule has 0 atom stereocenters. The van der Waals surface area contributed by atoms with Crippen LogP contribution in [0.15, 0.2) is 47.4 Å². The molecule has 0 radical (unpaired) electrons. The molecule has 0 aliphatic carbocycles. The van der Waals surface area contributed by atoms with Gasteiger partial charge in [-0.3, -0.25) is 4.79 Å². The van der Waals surface area contributed by atoms with E-state index in [2.05, 4.69) is 10.0 Å². The number of sulfonamides is 1. The highest BCUT2D eigenvalue weighted by atomic mass is 32.2. The van der Waals surface area contributed by atoms with Crippen molar-refractivity contribution in [3.8, 4) is 11.5 Å². The number of carbonyl (C=O) groups is 1. The van der Waals surface area contributed by atoms with E-state index in [1.807, 2.05) is 13.8 Å². The van der Waals surface area contributed by atoms with E-state index in [1.165, 1.54) is 12.1 Å². The zero-order valence-electron chi connectivity index (χ0n) is 15.2. The van der Waals surface area contributed by atoms with Crippen molar-refractivity contribution in [1.82, 2.24) is 4.72 Å². The number of amides is 1. The molecule has 1 aliphatic heterocycles. The van der Waals surface area contributed by atoms with E-state index in [0.29, 0.717) is 29.6 Å². The fourth-order valence-corrected chi connectivity index (χ4v) is 3.64. The summed E-state index contributed by atoms with van der Waals surface area (Å²) in [6.07, 6.45) is 0.740. The van der Waals surface area contributed by atoms with Gasteiger partial charge in [0.05, 0.1) is 4.90 Å². The number of fused-ring (bicyclic) bond motifs is 1. The minimum atomic E-state index is -3.66. The van der Waals surface area contributed by atoms with E-state index in [0.717, 1.165) is 6.42 Å². The van der Waals surface area contributed by atoms with Crippen LogP contribution < -0.4 is 19.5 Å². The van der Waals surface area contributed by atoms with Crippen molar-refractivity contribution >= 4 is 21.6 Å². The Kier molecular flexibility index (Phi) is 5.67. The second-order valence-corrected chi connectivity index (χ2v) is 8.40. The first-order chi connectivity index (χ1) is 12.8. The van der Waals surface area contributed by atoms with Gasteiger partial charge >= 0.3 is 0 Å². The summed E-state index contributed by atoms with van der Waals surface area (Å²) in [5, 5.41) is 2.73. The van der Waals surface area contributed by atoms with Crippen LogP contribution in [0.25, 0.3) is 0 Å². The number of ether oxygens (including phenoxy) is 2. The minimum absolute atomic E-state index is 0.0598. The van der Waals surface area contributed by atoms with E-state index in [1.54, 1.807) is 30.3 Å². The van der Waals surface area contributed by atoms with Crippen molar-refractivity contribution in [3.05, 3.63) is 48.0 Å². The summed E-state index contributed by atoms with van der Waals surface area (Å²) in [7, 11) is -3.66. The Morgan fingerprint density at radius 3 is 2.67 bits per heavy atom. The van der Waals surface area contributed by atoms with Crippen LogP contribution in [0.2, 0.25) is 0 Å². The Morgan fingerprint density at radius 2 is 1.89 bits per heavy atom. The third kappa shape index (κ3) is 4.78. The van der Waals surface area contributed by atoms with Crippen molar-refractivity contribution in [1.29, 1.82) is 0 Å². The first-order valence-corrected chi connectivity index (χ1v) is 10.1. The quantitative estimate of drug-likeness (QED) is 0.758. The molecule has 1 aliphatic rings. The van der Waals surface area contributed by atoms with Crippen LogP contribution in [0.1, 0.15) is 30.6 Å². The number of hydrogen-bond acceptors (Lipinski definition) is 5. The van der Waals surface area contributed by atoms with Crippen molar-refractivity contribution in [3.63, 3.8) is 0 Å². The highest BCUT2D eigenvalue weighted by Crippen LogP contribution is 2.34. The lowest BCUT2D eigenvalue weighted by molar-refractivity contribution is 0.102. The maximum Gasteiger partial charge on any atom is 0.255 e. The van der Waals surface area contributed by atoms with Gasteiger partial charge in [-0.25, -0.2) is 13.1 Å². The second kappa shape index (κ2) is 7.98. The molecule has 27 heavy (non-hydrogen) atoms. The van der Waals surface area contributed by atoms with Gasteiger partial charge in [-0.1, -0.05) is 19.9 Å². The number of hydrogen-bond donors (Lipinski definition) is 2. The maximum absolute atomic E-state index is 12.5. The van der Waals surface area contributed by atoms with Crippen LogP contribution in [0.5, 0.6) is 11.5 Å². The number of rotatable bonds is 7. The molecule has 7 nitrogen and oxygen atoms in total. The van der Waals surface area contributed by atoms with Crippen molar-refractivity contribution in [2.24, 2.45) is 5.92 Å². The van der Waals surface area contributed by atoms with E-state index >= 15 is 0 Å². The standard InChI is InChI=1S/C19H22N2O5S/c1-13(2)8-9-20-27(23,24)16-5-3-4-14(10-16)19(22)21-15-6-7-17-18(11-15)26-12-25-17/h3-7,10-11,13,20H,8-9,12H2,1-2H3,(H,21,22). The molecular formula is C19H22N2O5S. The van der Waals surface area contributed by atoms with Crippen LogP contribution >= 0.6 is 0 Å². The van der Waals surface area contributed by atoms with Gasteiger partial charge in [-0.15, -0.1) is 0 Å². The topological polar surface area (TPSA) is 93.7 Å². The molecule has 0 unspecified atom stereocenters. The first-order valence-electron chi connectivity index (χ1n) is 8.66. The van der Waals surface area contributed by atoms with Gasteiger partial charge in [0, 0.05) is 23.9 Å². The predicted octanol–water partition coefficient (Wildman–Crippen LogP) is 2.99. The van der Waals surface area contributed by atoms with Crippen LogP contribution in [0.4, 0.5) is 5.69 Å². The lowest BCUT2D eigenvalue weighted by Crippen LogP contribution is -2.26.